The number of rotatable bonds is 4. The zero-order chi connectivity index (χ0) is 14.7. The highest BCUT2D eigenvalue weighted by atomic mass is 35.5. The smallest absolute Gasteiger partial charge is 0.123 e. The van der Waals surface area contributed by atoms with Gasteiger partial charge in [0.15, 0.2) is 0 Å². The van der Waals surface area contributed by atoms with Crippen LogP contribution in [0.1, 0.15) is 18.4 Å². The molecule has 2 aromatic rings. The molecule has 22 heavy (non-hydrogen) atoms. The average molecular weight is 321 g/mol. The number of nitrogens with zero attached hydrogens (tertiary/aromatic N) is 1. The molecule has 1 heterocycles. The molecule has 1 atom stereocenters. The Morgan fingerprint density at radius 1 is 1.23 bits per heavy atom. The summed E-state index contributed by atoms with van der Waals surface area (Å²) in [7, 11) is 1.76. The van der Waals surface area contributed by atoms with Crippen LogP contribution in [0.4, 0.5) is 0 Å². The highest BCUT2D eigenvalue weighted by Gasteiger charge is 2.20. The van der Waals surface area contributed by atoms with Gasteiger partial charge >= 0.3 is 0 Å². The van der Waals surface area contributed by atoms with Gasteiger partial charge in [0.05, 0.1) is 7.11 Å². The van der Waals surface area contributed by atoms with Crippen molar-refractivity contribution in [3.05, 3.63) is 42.0 Å². The predicted octanol–water partition coefficient (Wildman–Crippen LogP) is 3.44. The fraction of sp³-hybridized carbons (Fsp3) is 0.444. The summed E-state index contributed by atoms with van der Waals surface area (Å²) in [4.78, 5) is 2.52. The lowest BCUT2D eigenvalue weighted by molar-refractivity contribution is 0.170. The van der Waals surface area contributed by atoms with Gasteiger partial charge in [-0.25, -0.2) is 0 Å². The van der Waals surface area contributed by atoms with E-state index in [1.165, 1.54) is 29.2 Å². The monoisotopic (exact) mass is 320 g/mol. The van der Waals surface area contributed by atoms with E-state index in [4.69, 9.17) is 10.5 Å². The van der Waals surface area contributed by atoms with Crippen molar-refractivity contribution in [2.75, 3.05) is 26.7 Å². The second kappa shape index (κ2) is 7.82. The summed E-state index contributed by atoms with van der Waals surface area (Å²) in [6.07, 6.45) is 2.51. The molecule has 1 aliphatic rings. The van der Waals surface area contributed by atoms with Crippen LogP contribution in [0.15, 0.2) is 36.4 Å². The maximum atomic E-state index is 5.85. The molecule has 0 radical (unpaired) electrons. The Balaban J connectivity index is 0.00000176. The minimum Gasteiger partial charge on any atom is -0.496 e. The van der Waals surface area contributed by atoms with Crippen LogP contribution >= 0.6 is 12.4 Å². The molecule has 2 N–H and O–H groups in total. The van der Waals surface area contributed by atoms with Crippen molar-refractivity contribution in [1.29, 1.82) is 0 Å². The number of piperidine rings is 1. The van der Waals surface area contributed by atoms with Crippen molar-refractivity contribution in [1.82, 2.24) is 4.90 Å². The highest BCUT2D eigenvalue weighted by Crippen LogP contribution is 2.30. The number of fused-ring (bicyclic) bond motifs is 1. The Labute approximate surface area is 138 Å². The summed E-state index contributed by atoms with van der Waals surface area (Å²) in [5, 5.41) is 2.58. The summed E-state index contributed by atoms with van der Waals surface area (Å²) in [6, 6.07) is 12.8. The minimum atomic E-state index is 0. The third kappa shape index (κ3) is 3.54. The molecule has 0 saturated carbocycles. The van der Waals surface area contributed by atoms with Gasteiger partial charge in [-0.2, -0.15) is 0 Å². The topological polar surface area (TPSA) is 38.5 Å². The van der Waals surface area contributed by atoms with Crippen LogP contribution in [-0.2, 0) is 6.54 Å². The first-order chi connectivity index (χ1) is 10.3. The number of ether oxygens (including phenoxy) is 1. The number of hydrogen-bond donors (Lipinski definition) is 1. The Bertz CT molecular complexity index is 617. The van der Waals surface area contributed by atoms with Crippen molar-refractivity contribution in [2.24, 2.45) is 11.7 Å². The molecule has 0 spiro atoms. The van der Waals surface area contributed by atoms with E-state index in [2.05, 4.69) is 41.3 Å². The zero-order valence-corrected chi connectivity index (χ0v) is 13.9. The molecule has 120 valence electrons. The number of methoxy groups -OCH3 is 1. The molecular formula is C18H25ClN2O. The fourth-order valence-electron chi connectivity index (χ4n) is 3.38. The summed E-state index contributed by atoms with van der Waals surface area (Å²) < 4.78 is 5.60. The molecule has 0 aromatic heterocycles. The highest BCUT2D eigenvalue weighted by molar-refractivity contribution is 5.87. The third-order valence-corrected chi connectivity index (χ3v) is 4.54. The van der Waals surface area contributed by atoms with Crippen molar-refractivity contribution in [2.45, 2.75) is 19.4 Å². The Hall–Kier alpha value is -1.29. The summed E-state index contributed by atoms with van der Waals surface area (Å²) in [5.41, 5.74) is 7.15. The second-order valence-corrected chi connectivity index (χ2v) is 5.95. The predicted molar refractivity (Wildman–Crippen MR) is 94.8 cm³/mol. The number of hydrogen-bond acceptors (Lipinski definition) is 3. The van der Waals surface area contributed by atoms with Gasteiger partial charge in [0.25, 0.3) is 0 Å². The Morgan fingerprint density at radius 3 is 2.82 bits per heavy atom. The van der Waals surface area contributed by atoms with Crippen molar-refractivity contribution in [3.8, 4) is 5.75 Å². The lowest BCUT2D eigenvalue weighted by Crippen LogP contribution is -2.37. The van der Waals surface area contributed by atoms with Crippen molar-refractivity contribution in [3.63, 3.8) is 0 Å². The lowest BCUT2D eigenvalue weighted by atomic mass is 9.96. The van der Waals surface area contributed by atoms with Gasteiger partial charge in [-0.05, 0) is 48.7 Å². The van der Waals surface area contributed by atoms with Crippen LogP contribution in [-0.4, -0.2) is 31.6 Å². The van der Waals surface area contributed by atoms with E-state index in [1.54, 1.807) is 7.11 Å². The molecule has 0 aliphatic carbocycles. The molecule has 0 amide bonds. The average Bonchev–Trinajstić information content (AvgIpc) is 2.55. The van der Waals surface area contributed by atoms with Crippen molar-refractivity contribution < 1.29 is 4.74 Å². The standard InChI is InChI=1S/C18H24N2O.ClH/c1-21-18-9-8-15-6-2-3-7-16(15)17(18)13-20-10-4-5-14(11-19)12-20;/h2-3,6-9,14H,4-5,10-13,19H2,1H3;1H. The minimum absolute atomic E-state index is 0. The van der Waals surface area contributed by atoms with E-state index in [-0.39, 0.29) is 12.4 Å². The number of nitrogens with two attached hydrogens (primary N) is 1. The van der Waals surface area contributed by atoms with Gasteiger partial charge < -0.3 is 10.5 Å². The van der Waals surface area contributed by atoms with Crippen LogP contribution in [0.25, 0.3) is 10.8 Å². The van der Waals surface area contributed by atoms with E-state index in [0.717, 1.165) is 31.9 Å². The van der Waals surface area contributed by atoms with Gasteiger partial charge in [0.2, 0.25) is 0 Å². The second-order valence-electron chi connectivity index (χ2n) is 5.95. The maximum Gasteiger partial charge on any atom is 0.123 e. The summed E-state index contributed by atoms with van der Waals surface area (Å²) >= 11 is 0. The van der Waals surface area contributed by atoms with Gasteiger partial charge in [0, 0.05) is 18.7 Å². The molecule has 1 unspecified atom stereocenters. The molecular weight excluding hydrogens is 296 g/mol. The van der Waals surface area contributed by atoms with E-state index in [9.17, 15) is 0 Å². The molecule has 2 aromatic carbocycles. The number of halogens is 1. The van der Waals surface area contributed by atoms with Crippen molar-refractivity contribution >= 4 is 23.2 Å². The van der Waals surface area contributed by atoms with E-state index in [0.29, 0.717) is 5.92 Å². The van der Waals surface area contributed by atoms with Crippen LogP contribution in [0, 0.1) is 5.92 Å². The first-order valence-electron chi connectivity index (χ1n) is 7.79. The van der Waals surface area contributed by atoms with Crippen LogP contribution in [0.2, 0.25) is 0 Å². The molecule has 1 fully saturated rings. The molecule has 3 rings (SSSR count). The zero-order valence-electron chi connectivity index (χ0n) is 13.1. The molecule has 1 aliphatic heterocycles. The SMILES string of the molecule is COc1ccc2ccccc2c1CN1CCCC(CN)C1.Cl. The third-order valence-electron chi connectivity index (χ3n) is 4.54. The Kier molecular flexibility index (Phi) is 6.07. The molecule has 4 heteroatoms. The number of likely N-dealkylation sites (tertiary alicyclic amines) is 1. The van der Waals surface area contributed by atoms with Gasteiger partial charge in [-0.1, -0.05) is 30.3 Å². The summed E-state index contributed by atoms with van der Waals surface area (Å²) in [6.45, 7) is 4.00. The van der Waals surface area contributed by atoms with Gasteiger partial charge in [-0.15, -0.1) is 12.4 Å². The first kappa shape index (κ1) is 17.1. The molecule has 1 saturated heterocycles. The van der Waals surface area contributed by atoms with Gasteiger partial charge in [-0.3, -0.25) is 4.90 Å². The normalized spacial score (nSPS) is 18.9. The van der Waals surface area contributed by atoms with Crippen LogP contribution < -0.4 is 10.5 Å². The van der Waals surface area contributed by atoms with Crippen LogP contribution in [0.3, 0.4) is 0 Å². The Morgan fingerprint density at radius 2 is 2.05 bits per heavy atom. The molecule has 0 bridgehead atoms. The first-order valence-corrected chi connectivity index (χ1v) is 7.79. The van der Waals surface area contributed by atoms with E-state index < -0.39 is 0 Å². The van der Waals surface area contributed by atoms with E-state index in [1.807, 2.05) is 0 Å². The number of benzene rings is 2. The van der Waals surface area contributed by atoms with Crippen LogP contribution in [0.5, 0.6) is 5.75 Å². The lowest BCUT2D eigenvalue weighted by Gasteiger charge is -2.32. The van der Waals surface area contributed by atoms with Gasteiger partial charge in [0.1, 0.15) is 5.75 Å². The maximum absolute atomic E-state index is 5.85. The largest absolute Gasteiger partial charge is 0.496 e. The quantitative estimate of drug-likeness (QED) is 0.938. The summed E-state index contributed by atoms with van der Waals surface area (Å²) in [5.74, 6) is 1.63. The fourth-order valence-corrected chi connectivity index (χ4v) is 3.38. The van der Waals surface area contributed by atoms with E-state index >= 15 is 0 Å². The molecule has 3 nitrogen and oxygen atoms in total.